The molecule has 1 aromatic carbocycles. The number of benzene rings is 1. The first-order valence-electron chi connectivity index (χ1n) is 8.10. The summed E-state index contributed by atoms with van der Waals surface area (Å²) in [5, 5.41) is 1.32. The van der Waals surface area contributed by atoms with Crippen LogP contribution in [-0.4, -0.2) is 35.7 Å². The van der Waals surface area contributed by atoms with Crippen LogP contribution in [-0.2, 0) is 4.74 Å². The van der Waals surface area contributed by atoms with Crippen LogP contribution in [0.1, 0.15) is 42.5 Å². The van der Waals surface area contributed by atoms with Gasteiger partial charge in [-0.15, -0.1) is 0 Å². The van der Waals surface area contributed by atoms with Gasteiger partial charge in [0.2, 0.25) is 0 Å². The molecule has 1 amide bonds. The zero-order valence-electron chi connectivity index (χ0n) is 13.6. The van der Waals surface area contributed by atoms with Gasteiger partial charge in [0.25, 0.3) is 0 Å². The van der Waals surface area contributed by atoms with E-state index in [-0.39, 0.29) is 6.09 Å². The molecule has 0 aliphatic carbocycles. The van der Waals surface area contributed by atoms with Crippen molar-refractivity contribution in [2.75, 3.05) is 19.7 Å². The third-order valence-corrected chi connectivity index (χ3v) is 4.68. The van der Waals surface area contributed by atoms with Crippen LogP contribution in [0, 0.1) is 13.8 Å². The van der Waals surface area contributed by atoms with E-state index in [9.17, 15) is 4.79 Å². The van der Waals surface area contributed by atoms with E-state index in [4.69, 9.17) is 4.74 Å². The number of aromatic nitrogens is 1. The van der Waals surface area contributed by atoms with Crippen molar-refractivity contribution in [2.45, 2.75) is 39.5 Å². The quantitative estimate of drug-likeness (QED) is 0.906. The number of piperidine rings is 1. The minimum Gasteiger partial charge on any atom is -0.450 e. The Morgan fingerprint density at radius 1 is 1.32 bits per heavy atom. The van der Waals surface area contributed by atoms with Crippen molar-refractivity contribution in [3.63, 3.8) is 0 Å². The normalized spacial score (nSPS) is 16.2. The zero-order chi connectivity index (χ0) is 15.7. The Morgan fingerprint density at radius 3 is 2.73 bits per heavy atom. The van der Waals surface area contributed by atoms with Crippen molar-refractivity contribution < 1.29 is 9.53 Å². The number of likely N-dealkylation sites (tertiary alicyclic amines) is 1. The Bertz CT molecular complexity index is 682. The molecule has 0 saturated carbocycles. The number of aryl methyl sites for hydroxylation is 2. The van der Waals surface area contributed by atoms with Crippen LogP contribution in [0.25, 0.3) is 10.9 Å². The number of nitrogens with zero attached hydrogens (tertiary/aromatic N) is 1. The van der Waals surface area contributed by atoms with Crippen LogP contribution in [0.5, 0.6) is 0 Å². The van der Waals surface area contributed by atoms with E-state index in [1.807, 2.05) is 11.8 Å². The molecule has 4 heteroatoms. The molecule has 0 bridgehead atoms. The molecular formula is C18H24N2O2. The molecule has 1 fully saturated rings. The lowest BCUT2D eigenvalue weighted by molar-refractivity contribution is 0.0968. The van der Waals surface area contributed by atoms with Gasteiger partial charge in [-0.25, -0.2) is 4.79 Å². The highest BCUT2D eigenvalue weighted by Gasteiger charge is 2.26. The van der Waals surface area contributed by atoms with Crippen LogP contribution in [0.2, 0.25) is 0 Å². The molecule has 4 nitrogen and oxygen atoms in total. The Hall–Kier alpha value is -1.97. The molecule has 1 N–H and O–H groups in total. The van der Waals surface area contributed by atoms with Gasteiger partial charge in [-0.1, -0.05) is 11.6 Å². The van der Waals surface area contributed by atoms with Crippen molar-refractivity contribution >= 4 is 17.0 Å². The molecule has 0 unspecified atom stereocenters. The van der Waals surface area contributed by atoms with Crippen molar-refractivity contribution in [1.82, 2.24) is 9.88 Å². The first-order valence-corrected chi connectivity index (χ1v) is 8.10. The van der Waals surface area contributed by atoms with Gasteiger partial charge in [0.05, 0.1) is 6.61 Å². The number of hydrogen-bond acceptors (Lipinski definition) is 2. The molecule has 1 aliphatic heterocycles. The number of carbonyl (C=O) groups excluding carboxylic acids is 1. The molecule has 2 heterocycles. The number of nitrogens with one attached hydrogen (secondary N) is 1. The van der Waals surface area contributed by atoms with Gasteiger partial charge in [0.15, 0.2) is 0 Å². The van der Waals surface area contributed by atoms with E-state index >= 15 is 0 Å². The molecule has 1 saturated heterocycles. The lowest BCUT2D eigenvalue weighted by Crippen LogP contribution is -2.38. The van der Waals surface area contributed by atoms with Gasteiger partial charge in [0, 0.05) is 35.6 Å². The van der Waals surface area contributed by atoms with E-state index in [0.717, 1.165) is 25.9 Å². The van der Waals surface area contributed by atoms with Crippen LogP contribution >= 0.6 is 0 Å². The van der Waals surface area contributed by atoms with Crippen molar-refractivity contribution in [3.8, 4) is 0 Å². The summed E-state index contributed by atoms with van der Waals surface area (Å²) in [5.41, 5.74) is 5.20. The SMILES string of the molecule is CCOC(=O)N1CCC(c2[nH]c3ccc(C)cc3c2C)CC1. The van der Waals surface area contributed by atoms with E-state index in [1.165, 1.54) is 27.7 Å². The number of hydrogen-bond donors (Lipinski definition) is 1. The van der Waals surface area contributed by atoms with Gasteiger partial charge < -0.3 is 14.6 Å². The summed E-state index contributed by atoms with van der Waals surface area (Å²) in [6.07, 6.45) is 1.81. The molecule has 2 aromatic rings. The number of aromatic amines is 1. The topological polar surface area (TPSA) is 45.3 Å². The Kier molecular flexibility index (Phi) is 4.10. The smallest absolute Gasteiger partial charge is 0.409 e. The number of amides is 1. The highest BCUT2D eigenvalue weighted by Crippen LogP contribution is 2.33. The maximum absolute atomic E-state index is 11.8. The van der Waals surface area contributed by atoms with E-state index in [2.05, 4.69) is 37.0 Å². The Morgan fingerprint density at radius 2 is 2.05 bits per heavy atom. The average Bonchev–Trinajstić information content (AvgIpc) is 2.84. The lowest BCUT2D eigenvalue weighted by atomic mass is 9.91. The van der Waals surface area contributed by atoms with Crippen molar-refractivity contribution in [2.24, 2.45) is 0 Å². The first kappa shape index (κ1) is 14.9. The molecule has 0 radical (unpaired) electrons. The summed E-state index contributed by atoms with van der Waals surface area (Å²) in [5.74, 6) is 0.499. The molecular weight excluding hydrogens is 276 g/mol. The largest absolute Gasteiger partial charge is 0.450 e. The predicted octanol–water partition coefficient (Wildman–Crippen LogP) is 4.12. The molecule has 1 aromatic heterocycles. The van der Waals surface area contributed by atoms with Crippen LogP contribution in [0.15, 0.2) is 18.2 Å². The number of carbonyl (C=O) groups is 1. The molecule has 3 rings (SSSR count). The summed E-state index contributed by atoms with van der Waals surface area (Å²) in [6, 6.07) is 6.55. The van der Waals surface area contributed by atoms with E-state index < -0.39 is 0 Å². The summed E-state index contributed by atoms with van der Waals surface area (Å²) in [7, 11) is 0. The fourth-order valence-electron chi connectivity index (χ4n) is 3.44. The Labute approximate surface area is 131 Å². The van der Waals surface area contributed by atoms with Crippen LogP contribution in [0.4, 0.5) is 4.79 Å². The molecule has 1 aliphatic rings. The fourth-order valence-corrected chi connectivity index (χ4v) is 3.44. The van der Waals surface area contributed by atoms with Gasteiger partial charge >= 0.3 is 6.09 Å². The number of H-pyrrole nitrogens is 1. The van der Waals surface area contributed by atoms with Gasteiger partial charge in [-0.05, 0) is 51.3 Å². The molecule has 0 spiro atoms. The highest BCUT2D eigenvalue weighted by atomic mass is 16.6. The third kappa shape index (κ3) is 2.70. The van der Waals surface area contributed by atoms with Crippen molar-refractivity contribution in [1.29, 1.82) is 0 Å². The predicted molar refractivity (Wildman–Crippen MR) is 88.3 cm³/mol. The summed E-state index contributed by atoms with van der Waals surface area (Å²) in [4.78, 5) is 17.2. The maximum Gasteiger partial charge on any atom is 0.409 e. The van der Waals surface area contributed by atoms with Gasteiger partial charge in [0.1, 0.15) is 0 Å². The zero-order valence-corrected chi connectivity index (χ0v) is 13.6. The second-order valence-corrected chi connectivity index (χ2v) is 6.17. The number of fused-ring (bicyclic) bond motifs is 1. The number of rotatable bonds is 2. The minimum absolute atomic E-state index is 0.176. The summed E-state index contributed by atoms with van der Waals surface area (Å²) in [6.45, 7) is 8.17. The van der Waals surface area contributed by atoms with Gasteiger partial charge in [-0.3, -0.25) is 0 Å². The lowest BCUT2D eigenvalue weighted by Gasteiger charge is -2.31. The number of ether oxygens (including phenoxy) is 1. The van der Waals surface area contributed by atoms with E-state index in [0.29, 0.717) is 12.5 Å². The molecule has 0 atom stereocenters. The summed E-state index contributed by atoms with van der Waals surface area (Å²) < 4.78 is 5.09. The van der Waals surface area contributed by atoms with E-state index in [1.54, 1.807) is 0 Å². The highest BCUT2D eigenvalue weighted by molar-refractivity contribution is 5.85. The third-order valence-electron chi connectivity index (χ3n) is 4.68. The summed E-state index contributed by atoms with van der Waals surface area (Å²) >= 11 is 0. The first-order chi connectivity index (χ1) is 10.6. The fraction of sp³-hybridized carbons (Fsp3) is 0.500. The van der Waals surface area contributed by atoms with Crippen molar-refractivity contribution in [3.05, 3.63) is 35.0 Å². The molecule has 22 heavy (non-hydrogen) atoms. The maximum atomic E-state index is 11.8. The van der Waals surface area contributed by atoms with Gasteiger partial charge in [-0.2, -0.15) is 0 Å². The Balaban J connectivity index is 1.76. The monoisotopic (exact) mass is 300 g/mol. The average molecular weight is 300 g/mol. The standard InChI is InChI=1S/C18H24N2O2/c1-4-22-18(21)20-9-7-14(8-10-20)17-13(3)15-11-12(2)5-6-16(15)19-17/h5-6,11,14,19H,4,7-10H2,1-3H3. The second-order valence-electron chi connectivity index (χ2n) is 6.17. The molecule has 118 valence electrons. The van der Waals surface area contributed by atoms with Crippen LogP contribution < -0.4 is 0 Å². The van der Waals surface area contributed by atoms with Crippen LogP contribution in [0.3, 0.4) is 0 Å². The second kappa shape index (κ2) is 6.03. The minimum atomic E-state index is -0.176.